The number of aryl methyl sites for hydroxylation is 2. The number of carbonyl (C=O) groups excluding carboxylic acids is 1. The quantitative estimate of drug-likeness (QED) is 0.375. The Morgan fingerprint density at radius 1 is 0.941 bits per heavy atom. The molecule has 0 atom stereocenters. The summed E-state index contributed by atoms with van der Waals surface area (Å²) in [6.45, 7) is 12.0. The third-order valence-corrected chi connectivity index (χ3v) is 5.80. The fraction of sp³-hybridized carbons (Fsp3) is 0.320. The van der Waals surface area contributed by atoms with Gasteiger partial charge in [-0.25, -0.2) is 19.3 Å². The summed E-state index contributed by atoms with van der Waals surface area (Å²) in [5, 5.41) is 13.4. The van der Waals surface area contributed by atoms with E-state index >= 15 is 0 Å². The summed E-state index contributed by atoms with van der Waals surface area (Å²) >= 11 is 0. The molecule has 0 aliphatic heterocycles. The number of amides is 1. The lowest BCUT2D eigenvalue weighted by Crippen LogP contribution is -2.14. The number of carbonyl (C=O) groups is 1. The zero-order valence-corrected chi connectivity index (χ0v) is 20.1. The van der Waals surface area contributed by atoms with Crippen LogP contribution in [-0.4, -0.2) is 35.4 Å². The average Bonchev–Trinajstić information content (AvgIpc) is 3.48. The number of hydrogen-bond acceptors (Lipinski definition) is 6. The molecule has 0 aromatic carbocycles. The van der Waals surface area contributed by atoms with E-state index in [1.54, 1.807) is 24.7 Å². The van der Waals surface area contributed by atoms with Crippen LogP contribution in [0.3, 0.4) is 0 Å². The van der Waals surface area contributed by atoms with E-state index in [0.29, 0.717) is 28.0 Å². The van der Waals surface area contributed by atoms with Gasteiger partial charge in [-0.1, -0.05) is 0 Å². The van der Waals surface area contributed by atoms with Crippen LogP contribution in [0.5, 0.6) is 0 Å². The molecule has 34 heavy (non-hydrogen) atoms. The number of anilines is 1. The van der Waals surface area contributed by atoms with Gasteiger partial charge in [-0.05, 0) is 59.7 Å². The summed E-state index contributed by atoms with van der Waals surface area (Å²) in [7, 11) is 0. The van der Waals surface area contributed by atoms with E-state index in [0.717, 1.165) is 28.1 Å². The van der Waals surface area contributed by atoms with Crippen LogP contribution in [0.1, 0.15) is 61.7 Å². The Labute approximate surface area is 196 Å². The second kappa shape index (κ2) is 8.09. The molecule has 5 heterocycles. The van der Waals surface area contributed by atoms with Crippen molar-refractivity contribution in [2.45, 2.75) is 53.6 Å². The highest BCUT2D eigenvalue weighted by Gasteiger charge is 2.21. The molecule has 9 nitrogen and oxygen atoms in total. The summed E-state index contributed by atoms with van der Waals surface area (Å²) in [5.74, 6) is 1.29. The summed E-state index contributed by atoms with van der Waals surface area (Å²) in [5.41, 5.74) is 4.05. The van der Waals surface area contributed by atoms with Gasteiger partial charge in [0.1, 0.15) is 11.5 Å². The summed E-state index contributed by atoms with van der Waals surface area (Å²) in [4.78, 5) is 22.9. The standard InChI is InChI=1S/C25H27N7O2/c1-13(2)31-23-17(10-27-31)8-18(11-26-23)29-25(33)20-9-22(19-7-15(5)34-16(19)6)30-24-21(20)12-28-32(24)14(3)4/h7-14H,1-6H3,(H,29,33). The predicted octanol–water partition coefficient (Wildman–Crippen LogP) is 5.47. The lowest BCUT2D eigenvalue weighted by Gasteiger charge is -2.11. The predicted molar refractivity (Wildman–Crippen MR) is 131 cm³/mol. The molecule has 5 aromatic rings. The third-order valence-electron chi connectivity index (χ3n) is 5.80. The van der Waals surface area contributed by atoms with Crippen LogP contribution >= 0.6 is 0 Å². The fourth-order valence-electron chi connectivity index (χ4n) is 4.19. The van der Waals surface area contributed by atoms with Crippen molar-refractivity contribution < 1.29 is 9.21 Å². The van der Waals surface area contributed by atoms with Gasteiger partial charge in [0, 0.05) is 23.0 Å². The van der Waals surface area contributed by atoms with Gasteiger partial charge in [0.2, 0.25) is 0 Å². The molecular weight excluding hydrogens is 430 g/mol. The molecule has 5 aromatic heterocycles. The monoisotopic (exact) mass is 457 g/mol. The first-order valence-corrected chi connectivity index (χ1v) is 11.3. The average molecular weight is 458 g/mol. The van der Waals surface area contributed by atoms with Crippen molar-refractivity contribution in [1.29, 1.82) is 0 Å². The van der Waals surface area contributed by atoms with E-state index in [-0.39, 0.29) is 18.0 Å². The normalized spacial score (nSPS) is 11.9. The summed E-state index contributed by atoms with van der Waals surface area (Å²) in [6, 6.07) is 5.90. The van der Waals surface area contributed by atoms with Crippen LogP contribution in [0.15, 0.2) is 41.2 Å². The van der Waals surface area contributed by atoms with Crippen LogP contribution in [0.25, 0.3) is 33.3 Å². The number of furan rings is 1. The lowest BCUT2D eigenvalue weighted by molar-refractivity contribution is 0.102. The van der Waals surface area contributed by atoms with Crippen molar-refractivity contribution in [3.8, 4) is 11.3 Å². The first-order chi connectivity index (χ1) is 16.2. The van der Waals surface area contributed by atoms with Gasteiger partial charge < -0.3 is 9.73 Å². The summed E-state index contributed by atoms with van der Waals surface area (Å²) < 4.78 is 9.40. The van der Waals surface area contributed by atoms with Crippen LogP contribution in [0.4, 0.5) is 5.69 Å². The molecule has 0 aliphatic carbocycles. The number of nitrogens with one attached hydrogen (secondary N) is 1. The SMILES string of the molecule is Cc1cc(-c2cc(C(=O)Nc3cnc4c(cnn4C(C)C)c3)c3cnn(C(C)C)c3n2)c(C)o1. The van der Waals surface area contributed by atoms with Gasteiger partial charge in [-0.3, -0.25) is 4.79 Å². The van der Waals surface area contributed by atoms with Crippen molar-refractivity contribution in [3.05, 3.63) is 53.9 Å². The highest BCUT2D eigenvalue weighted by molar-refractivity contribution is 6.13. The van der Waals surface area contributed by atoms with E-state index < -0.39 is 0 Å². The zero-order valence-electron chi connectivity index (χ0n) is 20.1. The maximum atomic E-state index is 13.5. The van der Waals surface area contributed by atoms with Gasteiger partial charge in [0.05, 0.1) is 40.9 Å². The minimum atomic E-state index is -0.257. The molecular formula is C25H27N7O2. The number of hydrogen-bond donors (Lipinski definition) is 1. The van der Waals surface area contributed by atoms with Crippen molar-refractivity contribution in [1.82, 2.24) is 29.5 Å². The van der Waals surface area contributed by atoms with Crippen molar-refractivity contribution in [2.24, 2.45) is 0 Å². The van der Waals surface area contributed by atoms with Crippen molar-refractivity contribution in [2.75, 3.05) is 5.32 Å². The topological polar surface area (TPSA) is 104 Å². The maximum Gasteiger partial charge on any atom is 0.256 e. The Kier molecular flexibility index (Phi) is 5.19. The molecule has 174 valence electrons. The molecule has 0 unspecified atom stereocenters. The molecule has 0 aliphatic rings. The van der Waals surface area contributed by atoms with Gasteiger partial charge in [-0.15, -0.1) is 0 Å². The molecule has 9 heteroatoms. The van der Waals surface area contributed by atoms with Gasteiger partial charge in [0.25, 0.3) is 5.91 Å². The molecule has 0 fully saturated rings. The minimum Gasteiger partial charge on any atom is -0.466 e. The second-order valence-electron chi connectivity index (χ2n) is 9.08. The maximum absolute atomic E-state index is 13.5. The van der Waals surface area contributed by atoms with Crippen LogP contribution < -0.4 is 5.32 Å². The number of aromatic nitrogens is 6. The first-order valence-electron chi connectivity index (χ1n) is 11.3. The summed E-state index contributed by atoms with van der Waals surface area (Å²) in [6.07, 6.45) is 5.11. The lowest BCUT2D eigenvalue weighted by atomic mass is 10.1. The molecule has 0 radical (unpaired) electrons. The smallest absolute Gasteiger partial charge is 0.256 e. The molecule has 1 amide bonds. The number of rotatable bonds is 5. The van der Waals surface area contributed by atoms with E-state index in [4.69, 9.17) is 9.40 Å². The number of nitrogens with zero attached hydrogens (tertiary/aromatic N) is 6. The third kappa shape index (κ3) is 3.63. The fourth-order valence-corrected chi connectivity index (χ4v) is 4.19. The highest BCUT2D eigenvalue weighted by atomic mass is 16.3. The molecule has 5 rings (SSSR count). The Balaban J connectivity index is 1.59. The van der Waals surface area contributed by atoms with Crippen LogP contribution in [0, 0.1) is 13.8 Å². The second-order valence-corrected chi connectivity index (χ2v) is 9.08. The van der Waals surface area contributed by atoms with Crippen molar-refractivity contribution in [3.63, 3.8) is 0 Å². The highest BCUT2D eigenvalue weighted by Crippen LogP contribution is 2.30. The number of fused-ring (bicyclic) bond motifs is 2. The van der Waals surface area contributed by atoms with Gasteiger partial charge in [-0.2, -0.15) is 10.2 Å². The van der Waals surface area contributed by atoms with E-state index in [1.165, 1.54) is 0 Å². The largest absolute Gasteiger partial charge is 0.466 e. The van der Waals surface area contributed by atoms with Crippen LogP contribution in [0.2, 0.25) is 0 Å². The molecule has 0 bridgehead atoms. The molecule has 0 spiro atoms. The van der Waals surface area contributed by atoms with Gasteiger partial charge in [0.15, 0.2) is 11.3 Å². The molecule has 1 N–H and O–H groups in total. The first kappa shape index (κ1) is 21.8. The Morgan fingerprint density at radius 2 is 1.65 bits per heavy atom. The van der Waals surface area contributed by atoms with E-state index in [9.17, 15) is 4.79 Å². The van der Waals surface area contributed by atoms with E-state index in [2.05, 4.69) is 34.3 Å². The molecule has 0 saturated carbocycles. The molecule has 0 saturated heterocycles. The Morgan fingerprint density at radius 3 is 2.32 bits per heavy atom. The van der Waals surface area contributed by atoms with E-state index in [1.807, 2.05) is 49.2 Å². The number of pyridine rings is 2. The van der Waals surface area contributed by atoms with Crippen molar-refractivity contribution >= 4 is 33.7 Å². The van der Waals surface area contributed by atoms with Gasteiger partial charge >= 0.3 is 0 Å². The Hall–Kier alpha value is -4.01. The Bertz CT molecular complexity index is 1540. The van der Waals surface area contributed by atoms with Crippen LogP contribution in [-0.2, 0) is 0 Å². The minimum absolute atomic E-state index is 0.0902. The zero-order chi connectivity index (χ0) is 24.1.